The molecule has 0 aliphatic heterocycles. The van der Waals surface area contributed by atoms with Crippen LogP contribution in [0.1, 0.15) is 37.0 Å². The van der Waals surface area contributed by atoms with E-state index < -0.39 is 9.84 Å². The van der Waals surface area contributed by atoms with E-state index in [1.54, 1.807) is 0 Å². The molecule has 0 amide bonds. The Kier molecular flexibility index (Phi) is 9.67. The van der Waals surface area contributed by atoms with Crippen molar-refractivity contribution in [1.29, 1.82) is 0 Å². The molecule has 2 aromatic carbocycles. The Bertz CT molecular complexity index is 913. The molecule has 6 nitrogen and oxygen atoms in total. The second-order valence-corrected chi connectivity index (χ2v) is 9.28. The fraction of sp³-hybridized carbons (Fsp3) is 0.435. The summed E-state index contributed by atoms with van der Waals surface area (Å²) in [5.74, 6) is 1.74. The maximum atomic E-state index is 12.3. The van der Waals surface area contributed by atoms with Crippen molar-refractivity contribution in [3.8, 4) is 5.75 Å². The Hall–Kier alpha value is -2.54. The minimum Gasteiger partial charge on any atom is -0.494 e. The number of nitrogens with one attached hydrogen (secondary N) is 2. The van der Waals surface area contributed by atoms with Crippen LogP contribution in [-0.2, 0) is 22.1 Å². The third kappa shape index (κ3) is 8.45. The van der Waals surface area contributed by atoms with Gasteiger partial charge in [-0.15, -0.1) is 0 Å². The van der Waals surface area contributed by atoms with Gasteiger partial charge in [-0.3, -0.25) is 0 Å². The van der Waals surface area contributed by atoms with Gasteiger partial charge in [0.2, 0.25) is 0 Å². The van der Waals surface area contributed by atoms with Crippen LogP contribution in [0.3, 0.4) is 0 Å². The highest BCUT2D eigenvalue weighted by Crippen LogP contribution is 2.21. The van der Waals surface area contributed by atoms with Crippen LogP contribution in [0.4, 0.5) is 0 Å². The largest absolute Gasteiger partial charge is 0.494 e. The summed E-state index contributed by atoms with van der Waals surface area (Å²) in [6.45, 7) is 8.35. The first kappa shape index (κ1) is 23.7. The van der Waals surface area contributed by atoms with Gasteiger partial charge >= 0.3 is 0 Å². The third-order valence-electron chi connectivity index (χ3n) is 4.43. The monoisotopic (exact) mass is 431 g/mol. The lowest BCUT2D eigenvalue weighted by Crippen LogP contribution is -2.38. The van der Waals surface area contributed by atoms with Crippen molar-refractivity contribution in [3.63, 3.8) is 0 Å². The molecule has 7 heteroatoms. The second kappa shape index (κ2) is 12.2. The van der Waals surface area contributed by atoms with E-state index >= 15 is 0 Å². The molecule has 0 radical (unpaired) electrons. The Morgan fingerprint density at radius 1 is 1.07 bits per heavy atom. The second-order valence-electron chi connectivity index (χ2n) is 7.10. The van der Waals surface area contributed by atoms with Crippen LogP contribution in [0.15, 0.2) is 53.5 Å². The SMILES string of the molecule is CCNC(=NCc1ccc(C)cc1OCC)NCCCS(=O)(=O)Cc1ccccc1. The maximum absolute atomic E-state index is 12.3. The number of ether oxygens (including phenoxy) is 1. The molecule has 30 heavy (non-hydrogen) atoms. The number of aryl methyl sites for hydroxylation is 1. The summed E-state index contributed by atoms with van der Waals surface area (Å²) in [7, 11) is -3.13. The number of benzene rings is 2. The van der Waals surface area contributed by atoms with Crippen LogP contribution in [0, 0.1) is 6.92 Å². The molecule has 0 fully saturated rings. The quantitative estimate of drug-likeness (QED) is 0.324. The first-order valence-corrected chi connectivity index (χ1v) is 12.2. The minimum absolute atomic E-state index is 0.0790. The number of guanidine groups is 1. The zero-order chi connectivity index (χ0) is 21.8. The summed E-state index contributed by atoms with van der Waals surface area (Å²) in [5, 5.41) is 6.43. The molecule has 0 aliphatic carbocycles. The van der Waals surface area contributed by atoms with Gasteiger partial charge in [-0.25, -0.2) is 13.4 Å². The Morgan fingerprint density at radius 3 is 2.53 bits per heavy atom. The number of aliphatic imine (C=N–C) groups is 1. The highest BCUT2D eigenvalue weighted by atomic mass is 32.2. The van der Waals surface area contributed by atoms with Gasteiger partial charge in [-0.2, -0.15) is 0 Å². The van der Waals surface area contributed by atoms with Crippen molar-refractivity contribution in [2.45, 2.75) is 39.5 Å². The predicted octanol–water partition coefficient (Wildman–Crippen LogP) is 3.45. The standard InChI is InChI=1S/C23H33N3O3S/c1-4-24-23(26-17-21-13-12-19(3)16-22(21)29-5-2)25-14-9-15-30(27,28)18-20-10-7-6-8-11-20/h6-8,10-13,16H,4-5,9,14-15,17-18H2,1-3H3,(H2,24,25,26). The number of sulfone groups is 1. The zero-order valence-corrected chi connectivity index (χ0v) is 19.0. The molecule has 2 N–H and O–H groups in total. The van der Waals surface area contributed by atoms with E-state index in [0.717, 1.165) is 29.0 Å². The molecule has 164 valence electrons. The molecular formula is C23H33N3O3S. The zero-order valence-electron chi connectivity index (χ0n) is 18.1. The Morgan fingerprint density at radius 2 is 1.83 bits per heavy atom. The van der Waals surface area contributed by atoms with Crippen LogP contribution in [0.5, 0.6) is 5.75 Å². The van der Waals surface area contributed by atoms with Gasteiger partial charge in [0.1, 0.15) is 5.75 Å². The molecule has 0 spiro atoms. The average molecular weight is 432 g/mol. The highest BCUT2D eigenvalue weighted by molar-refractivity contribution is 7.90. The molecule has 0 saturated heterocycles. The summed E-state index contributed by atoms with van der Waals surface area (Å²) in [5.41, 5.74) is 2.99. The highest BCUT2D eigenvalue weighted by Gasteiger charge is 2.11. The van der Waals surface area contributed by atoms with Gasteiger partial charge in [-0.05, 0) is 44.4 Å². The van der Waals surface area contributed by atoms with Crippen molar-refractivity contribution in [2.75, 3.05) is 25.4 Å². The molecule has 2 aromatic rings. The number of nitrogens with zero attached hydrogens (tertiary/aromatic N) is 1. The maximum Gasteiger partial charge on any atom is 0.191 e. The van der Waals surface area contributed by atoms with Crippen LogP contribution in [0.2, 0.25) is 0 Å². The lowest BCUT2D eigenvalue weighted by atomic mass is 10.1. The first-order valence-electron chi connectivity index (χ1n) is 10.4. The van der Waals surface area contributed by atoms with Crippen LogP contribution < -0.4 is 15.4 Å². The topological polar surface area (TPSA) is 79.8 Å². The van der Waals surface area contributed by atoms with E-state index in [1.807, 2.05) is 69.3 Å². The summed E-state index contributed by atoms with van der Waals surface area (Å²) < 4.78 is 30.4. The molecule has 0 bridgehead atoms. The molecule has 0 aliphatic rings. The molecule has 0 saturated carbocycles. The normalized spacial score (nSPS) is 11.9. The average Bonchev–Trinajstić information content (AvgIpc) is 2.71. The van der Waals surface area contributed by atoms with Crippen LogP contribution in [-0.4, -0.2) is 39.8 Å². The molecule has 0 aromatic heterocycles. The van der Waals surface area contributed by atoms with E-state index in [0.29, 0.717) is 32.1 Å². The molecular weight excluding hydrogens is 398 g/mol. The number of hydrogen-bond donors (Lipinski definition) is 2. The smallest absolute Gasteiger partial charge is 0.191 e. The van der Waals surface area contributed by atoms with Gasteiger partial charge < -0.3 is 15.4 Å². The van der Waals surface area contributed by atoms with E-state index in [9.17, 15) is 8.42 Å². The van der Waals surface area contributed by atoms with Crippen molar-refractivity contribution in [1.82, 2.24) is 10.6 Å². The van der Waals surface area contributed by atoms with Gasteiger partial charge in [0.25, 0.3) is 0 Å². The summed E-state index contributed by atoms with van der Waals surface area (Å²) in [4.78, 5) is 4.62. The Labute approximate surface area is 180 Å². The molecule has 0 heterocycles. The lowest BCUT2D eigenvalue weighted by molar-refractivity contribution is 0.336. The minimum atomic E-state index is -3.13. The summed E-state index contributed by atoms with van der Waals surface area (Å²) in [6.07, 6.45) is 0.522. The fourth-order valence-electron chi connectivity index (χ4n) is 2.99. The fourth-order valence-corrected chi connectivity index (χ4v) is 4.42. The number of hydrogen-bond acceptors (Lipinski definition) is 4. The van der Waals surface area contributed by atoms with Gasteiger partial charge in [-0.1, -0.05) is 42.5 Å². The third-order valence-corrected chi connectivity index (χ3v) is 6.11. The van der Waals surface area contributed by atoms with Crippen molar-refractivity contribution >= 4 is 15.8 Å². The van der Waals surface area contributed by atoms with Gasteiger partial charge in [0.05, 0.1) is 24.7 Å². The number of rotatable bonds is 11. The summed E-state index contributed by atoms with van der Waals surface area (Å²) in [6, 6.07) is 15.4. The lowest BCUT2D eigenvalue weighted by Gasteiger charge is -2.13. The van der Waals surface area contributed by atoms with Crippen molar-refractivity contribution in [2.24, 2.45) is 4.99 Å². The van der Waals surface area contributed by atoms with E-state index in [1.165, 1.54) is 0 Å². The molecule has 0 unspecified atom stereocenters. The van der Waals surface area contributed by atoms with Crippen LogP contribution in [0.25, 0.3) is 0 Å². The van der Waals surface area contributed by atoms with Gasteiger partial charge in [0, 0.05) is 18.7 Å². The van der Waals surface area contributed by atoms with Crippen LogP contribution >= 0.6 is 0 Å². The Balaban J connectivity index is 1.88. The van der Waals surface area contributed by atoms with E-state index in [4.69, 9.17) is 4.74 Å². The van der Waals surface area contributed by atoms with E-state index in [2.05, 4.69) is 15.6 Å². The summed E-state index contributed by atoms with van der Waals surface area (Å²) >= 11 is 0. The van der Waals surface area contributed by atoms with Gasteiger partial charge in [0.15, 0.2) is 15.8 Å². The molecule has 2 rings (SSSR count). The molecule has 0 atom stereocenters. The van der Waals surface area contributed by atoms with E-state index in [-0.39, 0.29) is 11.5 Å². The first-order chi connectivity index (χ1) is 14.4. The predicted molar refractivity (Wildman–Crippen MR) is 124 cm³/mol. The van der Waals surface area contributed by atoms with Crippen molar-refractivity contribution < 1.29 is 13.2 Å². The van der Waals surface area contributed by atoms with Crippen molar-refractivity contribution in [3.05, 3.63) is 65.2 Å².